The number of halogens is 6. The monoisotopic (exact) mass is 560 g/mol. The van der Waals surface area contributed by atoms with Crippen LogP contribution in [0, 0.1) is 15.5 Å². The first kappa shape index (κ1) is 30.4. The number of non-ortho nitro benzene ring substituents is 1. The number of aliphatic hydroxyl groups is 1. The SMILES string of the molecule is COc1ccc([N+](=O)[O-])cc1C1=C(CNC(C)C(O)c2cc(C(F)(F)F)cc(C(F)(F)F)c2)CC(C)(C)CC1. The number of aliphatic hydroxyl groups excluding tert-OH is 1. The molecule has 2 aromatic carbocycles. The molecular formula is C27H30F6N2O4. The Morgan fingerprint density at radius 2 is 1.67 bits per heavy atom. The molecule has 214 valence electrons. The van der Waals surface area contributed by atoms with E-state index in [9.17, 15) is 41.6 Å². The van der Waals surface area contributed by atoms with E-state index in [-0.39, 0.29) is 23.7 Å². The molecule has 2 N–H and O–H groups in total. The van der Waals surface area contributed by atoms with E-state index in [4.69, 9.17) is 4.74 Å². The van der Waals surface area contributed by atoms with Crippen molar-refractivity contribution in [1.82, 2.24) is 5.32 Å². The van der Waals surface area contributed by atoms with Crippen LogP contribution in [0.15, 0.2) is 42.0 Å². The predicted octanol–water partition coefficient (Wildman–Crippen LogP) is 7.32. The number of rotatable bonds is 8. The highest BCUT2D eigenvalue weighted by atomic mass is 19.4. The zero-order valence-electron chi connectivity index (χ0n) is 21.8. The van der Waals surface area contributed by atoms with Crippen LogP contribution in [0.1, 0.15) is 68.4 Å². The van der Waals surface area contributed by atoms with Gasteiger partial charge < -0.3 is 15.2 Å². The third kappa shape index (κ3) is 7.30. The highest BCUT2D eigenvalue weighted by Crippen LogP contribution is 2.45. The molecule has 0 saturated heterocycles. The van der Waals surface area contributed by atoms with E-state index in [1.807, 2.05) is 13.8 Å². The molecule has 2 atom stereocenters. The van der Waals surface area contributed by atoms with Crippen molar-refractivity contribution in [2.45, 2.75) is 64.5 Å². The maximum Gasteiger partial charge on any atom is 0.416 e. The van der Waals surface area contributed by atoms with Crippen LogP contribution in [0.2, 0.25) is 0 Å². The Bertz CT molecular complexity index is 1220. The summed E-state index contributed by atoms with van der Waals surface area (Å²) >= 11 is 0. The van der Waals surface area contributed by atoms with Crippen molar-refractivity contribution in [2.24, 2.45) is 5.41 Å². The minimum atomic E-state index is -5.03. The van der Waals surface area contributed by atoms with Gasteiger partial charge in [-0.1, -0.05) is 19.4 Å². The largest absolute Gasteiger partial charge is 0.496 e. The number of hydrogen-bond donors (Lipinski definition) is 2. The van der Waals surface area contributed by atoms with Crippen LogP contribution in [-0.4, -0.2) is 29.7 Å². The van der Waals surface area contributed by atoms with Crippen molar-refractivity contribution < 1.29 is 41.1 Å². The number of methoxy groups -OCH3 is 1. The number of nitrogens with one attached hydrogen (secondary N) is 1. The zero-order chi connectivity index (χ0) is 29.3. The van der Waals surface area contributed by atoms with Gasteiger partial charge in [-0.05, 0) is 67.0 Å². The normalized spacial score (nSPS) is 17.6. The third-order valence-corrected chi connectivity index (χ3v) is 6.95. The van der Waals surface area contributed by atoms with E-state index in [2.05, 4.69) is 5.32 Å². The molecule has 3 rings (SSSR count). The topological polar surface area (TPSA) is 84.6 Å². The number of nitrogens with zero attached hydrogens (tertiary/aromatic N) is 1. The van der Waals surface area contributed by atoms with Crippen molar-refractivity contribution in [3.8, 4) is 5.75 Å². The molecule has 2 aromatic rings. The van der Waals surface area contributed by atoms with E-state index in [1.54, 1.807) is 0 Å². The minimum Gasteiger partial charge on any atom is -0.496 e. The molecule has 0 radical (unpaired) electrons. The molecule has 2 unspecified atom stereocenters. The van der Waals surface area contributed by atoms with Crippen LogP contribution in [0.5, 0.6) is 5.75 Å². The number of nitro benzene ring substituents is 1. The Labute approximate surface area is 221 Å². The Kier molecular flexibility index (Phi) is 8.71. The molecule has 0 amide bonds. The molecule has 6 nitrogen and oxygen atoms in total. The molecule has 1 aliphatic rings. The van der Waals surface area contributed by atoms with Crippen molar-refractivity contribution in [1.29, 1.82) is 0 Å². The molecule has 0 aliphatic heterocycles. The molecule has 0 saturated carbocycles. The smallest absolute Gasteiger partial charge is 0.416 e. The van der Waals surface area contributed by atoms with Gasteiger partial charge in [-0.2, -0.15) is 26.3 Å². The fourth-order valence-corrected chi connectivity index (χ4v) is 4.79. The summed E-state index contributed by atoms with van der Waals surface area (Å²) in [5, 5.41) is 25.2. The Morgan fingerprint density at radius 1 is 1.08 bits per heavy atom. The highest BCUT2D eigenvalue weighted by Gasteiger charge is 2.38. The zero-order valence-corrected chi connectivity index (χ0v) is 21.8. The summed E-state index contributed by atoms with van der Waals surface area (Å²) < 4.78 is 85.1. The first-order valence-corrected chi connectivity index (χ1v) is 12.2. The summed E-state index contributed by atoms with van der Waals surface area (Å²) in [5.41, 5.74) is -1.57. The lowest BCUT2D eigenvalue weighted by Gasteiger charge is -2.35. The summed E-state index contributed by atoms with van der Waals surface area (Å²) in [6.45, 7) is 5.70. The maximum atomic E-state index is 13.3. The van der Waals surface area contributed by atoms with Gasteiger partial charge in [-0.3, -0.25) is 10.1 Å². The van der Waals surface area contributed by atoms with Crippen molar-refractivity contribution in [2.75, 3.05) is 13.7 Å². The second-order valence-electron chi connectivity index (χ2n) is 10.5. The minimum absolute atomic E-state index is 0.0158. The quantitative estimate of drug-likeness (QED) is 0.201. The molecule has 0 bridgehead atoms. The van der Waals surface area contributed by atoms with Gasteiger partial charge in [-0.25, -0.2) is 0 Å². The fraction of sp³-hybridized carbons (Fsp3) is 0.481. The first-order chi connectivity index (χ1) is 17.9. The lowest BCUT2D eigenvalue weighted by atomic mass is 9.72. The van der Waals surface area contributed by atoms with Crippen LogP contribution < -0.4 is 10.1 Å². The standard InChI is InChI=1S/C27H30F6N2O4/c1-15(24(36)16-9-18(26(28,29)30)11-19(10-16)27(31,32)33)34-14-17-13-25(2,3)8-7-21(17)22-12-20(35(37)38)5-6-23(22)39-4/h5-6,9-12,15,24,34,36H,7-8,13-14H2,1-4H3. The lowest BCUT2D eigenvalue weighted by molar-refractivity contribution is -0.384. The van der Waals surface area contributed by atoms with Crippen LogP contribution in [0.3, 0.4) is 0 Å². The average Bonchev–Trinajstić information content (AvgIpc) is 2.84. The van der Waals surface area contributed by atoms with Gasteiger partial charge in [0.15, 0.2) is 0 Å². The first-order valence-electron chi connectivity index (χ1n) is 12.2. The van der Waals surface area contributed by atoms with E-state index in [0.717, 1.165) is 17.6 Å². The van der Waals surface area contributed by atoms with Gasteiger partial charge in [0.2, 0.25) is 0 Å². The average molecular weight is 561 g/mol. The van der Waals surface area contributed by atoms with Crippen LogP contribution in [0.25, 0.3) is 5.57 Å². The summed E-state index contributed by atoms with van der Waals surface area (Å²) in [5.74, 6) is 0.435. The van der Waals surface area contributed by atoms with Gasteiger partial charge in [0.1, 0.15) is 5.75 Å². The Morgan fingerprint density at radius 3 is 2.18 bits per heavy atom. The molecule has 0 fully saturated rings. The highest BCUT2D eigenvalue weighted by molar-refractivity contribution is 5.76. The second kappa shape index (κ2) is 11.2. The third-order valence-electron chi connectivity index (χ3n) is 6.95. The summed E-state index contributed by atoms with van der Waals surface area (Å²) in [6.07, 6.45) is -9.82. The number of hydrogen-bond acceptors (Lipinski definition) is 5. The summed E-state index contributed by atoms with van der Waals surface area (Å²) in [6, 6.07) is 4.37. The van der Waals surface area contributed by atoms with E-state index < -0.39 is 46.1 Å². The van der Waals surface area contributed by atoms with Gasteiger partial charge in [0.25, 0.3) is 5.69 Å². The molecule has 0 aromatic heterocycles. The number of alkyl halides is 6. The number of benzene rings is 2. The van der Waals surface area contributed by atoms with Crippen LogP contribution >= 0.6 is 0 Å². The number of ether oxygens (including phenoxy) is 1. The van der Waals surface area contributed by atoms with Crippen molar-refractivity contribution >= 4 is 11.3 Å². The molecule has 0 spiro atoms. The lowest BCUT2D eigenvalue weighted by Crippen LogP contribution is -2.35. The second-order valence-corrected chi connectivity index (χ2v) is 10.5. The summed E-state index contributed by atoms with van der Waals surface area (Å²) in [4.78, 5) is 10.9. The fourth-order valence-electron chi connectivity index (χ4n) is 4.79. The molecule has 0 heterocycles. The van der Waals surface area contributed by atoms with Crippen LogP contribution in [0.4, 0.5) is 32.0 Å². The van der Waals surface area contributed by atoms with E-state index >= 15 is 0 Å². The van der Waals surface area contributed by atoms with E-state index in [0.29, 0.717) is 36.3 Å². The van der Waals surface area contributed by atoms with Gasteiger partial charge in [0.05, 0.1) is 29.3 Å². The van der Waals surface area contributed by atoms with Gasteiger partial charge in [0, 0.05) is 30.3 Å². The molecule has 12 heteroatoms. The maximum absolute atomic E-state index is 13.3. The molecule has 39 heavy (non-hydrogen) atoms. The number of nitro groups is 1. The van der Waals surface area contributed by atoms with Crippen LogP contribution in [-0.2, 0) is 12.4 Å². The molecule has 1 aliphatic carbocycles. The number of allylic oxidation sites excluding steroid dienone is 1. The van der Waals surface area contributed by atoms with Gasteiger partial charge >= 0.3 is 12.4 Å². The predicted molar refractivity (Wildman–Crippen MR) is 133 cm³/mol. The Hall–Kier alpha value is -3.12. The Balaban J connectivity index is 1.95. The summed E-state index contributed by atoms with van der Waals surface area (Å²) in [7, 11) is 1.44. The van der Waals surface area contributed by atoms with Crippen molar-refractivity contribution in [3.05, 3.63) is 74.3 Å². The van der Waals surface area contributed by atoms with Crippen molar-refractivity contribution in [3.63, 3.8) is 0 Å². The van der Waals surface area contributed by atoms with E-state index in [1.165, 1.54) is 32.2 Å². The van der Waals surface area contributed by atoms with Gasteiger partial charge in [-0.15, -0.1) is 0 Å². The molecular weight excluding hydrogens is 530 g/mol.